The highest BCUT2D eigenvalue weighted by atomic mass is 31.1. The topological polar surface area (TPSA) is 132 Å². The molecule has 0 aliphatic carbocycles. The highest BCUT2D eigenvalue weighted by molar-refractivity contribution is 7.32. The Hall–Kier alpha value is -2.26. The van der Waals surface area contributed by atoms with Gasteiger partial charge in [-0.2, -0.15) is 0 Å². The van der Waals surface area contributed by atoms with Gasteiger partial charge in [-0.3, -0.25) is 4.57 Å². The van der Waals surface area contributed by atoms with Gasteiger partial charge in [0.1, 0.15) is 18.3 Å². The summed E-state index contributed by atoms with van der Waals surface area (Å²) >= 11 is 0. The van der Waals surface area contributed by atoms with Crippen molar-refractivity contribution in [2.45, 2.75) is 37.8 Å². The van der Waals surface area contributed by atoms with E-state index in [0.717, 1.165) is 11.1 Å². The summed E-state index contributed by atoms with van der Waals surface area (Å²) in [7, 11) is -3.28. The molecule has 10 nitrogen and oxygen atoms in total. The molecule has 1 N–H and O–H groups in total. The molecular formula is C21H26N3O7P. The second kappa shape index (κ2) is 13.3. The van der Waals surface area contributed by atoms with Crippen molar-refractivity contribution in [1.82, 2.24) is 0 Å². The lowest BCUT2D eigenvalue weighted by Crippen LogP contribution is -2.38. The fourth-order valence-corrected chi connectivity index (χ4v) is 3.80. The molecule has 1 saturated heterocycles. The maximum atomic E-state index is 11.5. The lowest BCUT2D eigenvalue weighted by atomic mass is 10.1. The van der Waals surface area contributed by atoms with E-state index < -0.39 is 32.9 Å². The van der Waals surface area contributed by atoms with E-state index in [4.69, 9.17) is 29.0 Å². The van der Waals surface area contributed by atoms with Crippen molar-refractivity contribution in [3.63, 3.8) is 0 Å². The Labute approximate surface area is 186 Å². The second-order valence-corrected chi connectivity index (χ2v) is 7.75. The highest BCUT2D eigenvalue weighted by Crippen LogP contribution is 2.34. The van der Waals surface area contributed by atoms with Crippen molar-refractivity contribution >= 4 is 8.25 Å². The molecule has 2 aromatic carbocycles. The Morgan fingerprint density at radius 3 is 2.28 bits per heavy atom. The number of benzene rings is 2. The van der Waals surface area contributed by atoms with Crippen LogP contribution in [0.25, 0.3) is 10.4 Å². The lowest BCUT2D eigenvalue weighted by Gasteiger charge is -2.23. The van der Waals surface area contributed by atoms with Crippen LogP contribution < -0.4 is 0 Å². The van der Waals surface area contributed by atoms with Crippen LogP contribution in [0.4, 0.5) is 0 Å². The summed E-state index contributed by atoms with van der Waals surface area (Å²) < 4.78 is 40.2. The maximum absolute atomic E-state index is 11.5. The summed E-state index contributed by atoms with van der Waals surface area (Å²) in [6.07, 6.45) is -3.24. The Kier molecular flexibility index (Phi) is 10.2. The summed E-state index contributed by atoms with van der Waals surface area (Å²) in [4.78, 5) is 12.1. The van der Waals surface area contributed by atoms with Crippen LogP contribution >= 0.6 is 8.25 Å². The Morgan fingerprint density at radius 1 is 1.00 bits per heavy atom. The first-order valence-electron chi connectivity index (χ1n) is 10.1. The lowest BCUT2D eigenvalue weighted by molar-refractivity contribution is -0.182. The Morgan fingerprint density at radius 2 is 1.66 bits per heavy atom. The Balaban J connectivity index is 1.67. The molecule has 3 unspecified atom stereocenters. The average Bonchev–Trinajstić information content (AvgIpc) is 3.12. The van der Waals surface area contributed by atoms with Crippen LogP contribution in [0.15, 0.2) is 65.8 Å². The number of ether oxygens (including phenoxy) is 4. The molecule has 1 heterocycles. The van der Waals surface area contributed by atoms with E-state index in [2.05, 4.69) is 10.0 Å². The average molecular weight is 463 g/mol. The normalized spacial score (nSPS) is 23.5. The molecule has 1 aliphatic rings. The van der Waals surface area contributed by atoms with Gasteiger partial charge in [0.05, 0.1) is 26.4 Å². The second-order valence-electron chi connectivity index (χ2n) is 6.98. The first-order valence-corrected chi connectivity index (χ1v) is 11.4. The van der Waals surface area contributed by atoms with Crippen LogP contribution in [-0.4, -0.2) is 49.3 Å². The zero-order valence-corrected chi connectivity index (χ0v) is 18.4. The molecule has 0 saturated carbocycles. The zero-order valence-electron chi connectivity index (χ0n) is 17.4. The van der Waals surface area contributed by atoms with Crippen LogP contribution in [-0.2, 0) is 41.3 Å². The van der Waals surface area contributed by atoms with E-state index in [9.17, 15) is 9.46 Å². The fraction of sp³-hybridized carbons (Fsp3) is 0.429. The molecule has 3 rings (SSSR count). The van der Waals surface area contributed by atoms with Crippen LogP contribution in [0.1, 0.15) is 11.1 Å². The van der Waals surface area contributed by atoms with E-state index in [-0.39, 0.29) is 26.4 Å². The van der Waals surface area contributed by atoms with Gasteiger partial charge in [-0.15, -0.1) is 0 Å². The molecule has 0 aromatic heterocycles. The Bertz CT molecular complexity index is 883. The number of hydrogen-bond acceptors (Lipinski definition) is 7. The van der Waals surface area contributed by atoms with Gasteiger partial charge in [0.15, 0.2) is 6.29 Å². The van der Waals surface area contributed by atoms with Crippen molar-refractivity contribution in [3.05, 3.63) is 82.2 Å². The molecule has 0 amide bonds. The molecular weight excluding hydrogens is 437 g/mol. The summed E-state index contributed by atoms with van der Waals surface area (Å²) in [6.45, 7) is 0.891. The van der Waals surface area contributed by atoms with Crippen molar-refractivity contribution < 1.29 is 32.9 Å². The van der Waals surface area contributed by atoms with Crippen LogP contribution in [0.5, 0.6) is 0 Å². The number of hydrogen-bond donors (Lipinski definition) is 1. The van der Waals surface area contributed by atoms with Crippen LogP contribution in [0.3, 0.4) is 0 Å². The standard InChI is InChI=1S/C21H26N3O7P/c22-24-23-11-12-28-21-20(29-14-17-9-5-2-6-10-17)19(31-32(25)26)18(30-21)15-27-13-16-7-3-1-4-8-16/h1-10,18-21,32H,11-15H2,(H,25,26)/t18-,19?,20?,21-/m1/s1. The predicted molar refractivity (Wildman–Crippen MR) is 116 cm³/mol. The molecule has 2 aromatic rings. The highest BCUT2D eigenvalue weighted by Gasteiger charge is 2.48. The third-order valence-corrected chi connectivity index (χ3v) is 5.19. The maximum Gasteiger partial charge on any atom is 0.317 e. The van der Waals surface area contributed by atoms with Crippen molar-refractivity contribution in [3.8, 4) is 0 Å². The molecule has 11 heteroatoms. The summed E-state index contributed by atoms with van der Waals surface area (Å²) in [5.41, 5.74) is 10.3. The fourth-order valence-electron chi connectivity index (χ4n) is 3.28. The minimum Gasteiger partial charge on any atom is -0.374 e. The van der Waals surface area contributed by atoms with Gasteiger partial charge >= 0.3 is 8.25 Å². The third kappa shape index (κ3) is 7.70. The van der Waals surface area contributed by atoms with Gasteiger partial charge in [-0.1, -0.05) is 65.8 Å². The molecule has 1 fully saturated rings. The largest absolute Gasteiger partial charge is 0.374 e. The minimum absolute atomic E-state index is 0.0958. The monoisotopic (exact) mass is 463 g/mol. The quantitative estimate of drug-likeness (QED) is 0.158. The SMILES string of the molecule is [N-]=[N+]=NCCO[C@@H]1O[C@H](COCc2ccccc2)C(O[PH](=O)O)C1OCc1ccccc1. The van der Waals surface area contributed by atoms with E-state index in [1.807, 2.05) is 60.7 Å². The van der Waals surface area contributed by atoms with E-state index in [1.165, 1.54) is 0 Å². The first-order chi connectivity index (χ1) is 15.7. The molecule has 1 aliphatic heterocycles. The van der Waals surface area contributed by atoms with Crippen molar-refractivity contribution in [2.24, 2.45) is 5.11 Å². The zero-order chi connectivity index (χ0) is 22.6. The molecule has 0 radical (unpaired) electrons. The van der Waals surface area contributed by atoms with Gasteiger partial charge in [0, 0.05) is 11.5 Å². The van der Waals surface area contributed by atoms with E-state index in [1.54, 1.807) is 0 Å². The van der Waals surface area contributed by atoms with Gasteiger partial charge < -0.3 is 28.4 Å². The van der Waals surface area contributed by atoms with Gasteiger partial charge in [0.2, 0.25) is 0 Å². The third-order valence-electron chi connectivity index (χ3n) is 4.72. The predicted octanol–water partition coefficient (Wildman–Crippen LogP) is 3.61. The molecule has 5 atom stereocenters. The summed E-state index contributed by atoms with van der Waals surface area (Å²) in [5, 5.41) is 3.44. The first kappa shape index (κ1) is 24.4. The number of azide groups is 1. The molecule has 0 bridgehead atoms. The van der Waals surface area contributed by atoms with Crippen LogP contribution in [0, 0.1) is 0 Å². The molecule has 172 valence electrons. The van der Waals surface area contributed by atoms with E-state index in [0.29, 0.717) is 6.61 Å². The minimum atomic E-state index is -3.28. The van der Waals surface area contributed by atoms with Crippen molar-refractivity contribution in [1.29, 1.82) is 0 Å². The summed E-state index contributed by atoms with van der Waals surface area (Å²) in [5.74, 6) is 0. The summed E-state index contributed by atoms with van der Waals surface area (Å²) in [6, 6.07) is 19.1. The van der Waals surface area contributed by atoms with Crippen molar-refractivity contribution in [2.75, 3.05) is 19.8 Å². The number of rotatable bonds is 13. The van der Waals surface area contributed by atoms with E-state index >= 15 is 0 Å². The van der Waals surface area contributed by atoms with Gasteiger partial charge in [-0.05, 0) is 16.7 Å². The van der Waals surface area contributed by atoms with Gasteiger partial charge in [0.25, 0.3) is 0 Å². The smallest absolute Gasteiger partial charge is 0.317 e. The van der Waals surface area contributed by atoms with Gasteiger partial charge in [-0.25, -0.2) is 0 Å². The molecule has 32 heavy (non-hydrogen) atoms. The molecule has 0 spiro atoms. The van der Waals surface area contributed by atoms with Crippen LogP contribution in [0.2, 0.25) is 0 Å². The number of nitrogens with zero attached hydrogens (tertiary/aromatic N) is 3.